The van der Waals surface area contributed by atoms with Crippen molar-refractivity contribution in [1.29, 1.82) is 0 Å². The number of amides is 2. The van der Waals surface area contributed by atoms with E-state index in [0.29, 0.717) is 36.6 Å². The third kappa shape index (κ3) is 8.85. The summed E-state index contributed by atoms with van der Waals surface area (Å²) in [6, 6.07) is 19.7. The molecule has 3 aromatic rings. The van der Waals surface area contributed by atoms with Crippen molar-refractivity contribution in [1.82, 2.24) is 14.5 Å². The number of ether oxygens (including phenoxy) is 2. The summed E-state index contributed by atoms with van der Waals surface area (Å²) < 4.78 is 51.9. The van der Waals surface area contributed by atoms with Crippen LogP contribution in [0.3, 0.4) is 0 Å². The molecule has 0 radical (unpaired) electrons. The number of halogens is 1. The highest BCUT2D eigenvalue weighted by Crippen LogP contribution is 2.25. The number of carbonyl (C=O) groups excluding carboxylic acids is 2. The lowest BCUT2D eigenvalue weighted by Crippen LogP contribution is -2.45. The second-order valence-corrected chi connectivity index (χ2v) is 12.2. The number of nitrogens with one attached hydrogen (secondary N) is 1. The van der Waals surface area contributed by atoms with Crippen molar-refractivity contribution in [2.24, 2.45) is 0 Å². The van der Waals surface area contributed by atoms with Gasteiger partial charge in [0, 0.05) is 26.2 Å². The Morgan fingerprint density at radius 3 is 2.30 bits per heavy atom. The van der Waals surface area contributed by atoms with E-state index in [1.807, 2.05) is 6.07 Å². The van der Waals surface area contributed by atoms with Crippen LogP contribution in [0, 0.1) is 5.82 Å². The van der Waals surface area contributed by atoms with Crippen LogP contribution in [0.2, 0.25) is 0 Å². The maximum absolute atomic E-state index is 13.7. The highest BCUT2D eigenvalue weighted by Gasteiger charge is 2.32. The van der Waals surface area contributed by atoms with Crippen molar-refractivity contribution in [2.45, 2.75) is 43.7 Å². The molecule has 0 bridgehead atoms. The van der Waals surface area contributed by atoms with Crippen LogP contribution in [-0.4, -0.2) is 68.9 Å². The van der Waals surface area contributed by atoms with Gasteiger partial charge in [-0.05, 0) is 53.9 Å². The van der Waals surface area contributed by atoms with Crippen molar-refractivity contribution in [3.63, 3.8) is 0 Å². The van der Waals surface area contributed by atoms with Crippen LogP contribution in [0.5, 0.6) is 5.75 Å². The average Bonchev–Trinajstić information content (AvgIpc) is 3.03. The van der Waals surface area contributed by atoms with Gasteiger partial charge in [-0.2, -0.15) is 4.31 Å². The summed E-state index contributed by atoms with van der Waals surface area (Å²) in [6.45, 7) is 3.46. The fourth-order valence-electron chi connectivity index (χ4n) is 4.77. The summed E-state index contributed by atoms with van der Waals surface area (Å²) in [4.78, 5) is 28.9. The molecule has 1 heterocycles. The number of hydrogen-bond acceptors (Lipinski definition) is 6. The van der Waals surface area contributed by atoms with Crippen LogP contribution in [-0.2, 0) is 30.9 Å². The molecule has 1 N–H and O–H groups in total. The van der Waals surface area contributed by atoms with Gasteiger partial charge in [-0.25, -0.2) is 12.8 Å². The number of morpholine rings is 1. The zero-order valence-corrected chi connectivity index (χ0v) is 25.1. The van der Waals surface area contributed by atoms with E-state index in [1.54, 1.807) is 36.4 Å². The molecule has 2 amide bonds. The van der Waals surface area contributed by atoms with Crippen LogP contribution in [0.25, 0.3) is 0 Å². The van der Waals surface area contributed by atoms with E-state index < -0.39 is 34.4 Å². The zero-order valence-electron chi connectivity index (χ0n) is 24.3. The quantitative estimate of drug-likeness (QED) is 0.273. The van der Waals surface area contributed by atoms with Crippen molar-refractivity contribution in [3.8, 4) is 5.75 Å². The first-order chi connectivity index (χ1) is 20.8. The van der Waals surface area contributed by atoms with Gasteiger partial charge in [-0.3, -0.25) is 9.59 Å². The predicted molar refractivity (Wildman–Crippen MR) is 160 cm³/mol. The number of benzene rings is 3. The minimum absolute atomic E-state index is 0.0428. The molecule has 4 rings (SSSR count). The SMILES string of the molecule is CCCCCNC(=O)[C@H](c1ccccc1)N(Cc1ccc(F)cc1)C(=O)COc1ccc(S(=O)(=O)N2CCOCC2)cc1. The maximum atomic E-state index is 13.7. The van der Waals surface area contributed by atoms with E-state index in [0.717, 1.165) is 19.3 Å². The minimum Gasteiger partial charge on any atom is -0.484 e. The molecule has 0 unspecified atom stereocenters. The number of rotatable bonds is 14. The second kappa shape index (κ2) is 15.6. The lowest BCUT2D eigenvalue weighted by atomic mass is 10.0. The number of sulfonamides is 1. The van der Waals surface area contributed by atoms with E-state index in [2.05, 4.69) is 12.2 Å². The maximum Gasteiger partial charge on any atom is 0.261 e. The van der Waals surface area contributed by atoms with Gasteiger partial charge in [0.05, 0.1) is 18.1 Å². The zero-order chi connectivity index (χ0) is 30.7. The molecule has 3 aromatic carbocycles. The normalized spacial score (nSPS) is 14.6. The molecule has 0 aromatic heterocycles. The van der Waals surface area contributed by atoms with Crippen molar-refractivity contribution >= 4 is 21.8 Å². The fraction of sp³-hybridized carbons (Fsp3) is 0.375. The van der Waals surface area contributed by atoms with E-state index in [1.165, 1.54) is 45.6 Å². The Morgan fingerprint density at radius 2 is 1.65 bits per heavy atom. The first kappa shape index (κ1) is 32.1. The lowest BCUT2D eigenvalue weighted by Gasteiger charge is -2.31. The van der Waals surface area contributed by atoms with E-state index in [4.69, 9.17) is 9.47 Å². The number of unbranched alkanes of at least 4 members (excludes halogenated alkanes) is 2. The molecule has 43 heavy (non-hydrogen) atoms. The molecule has 230 valence electrons. The fourth-order valence-corrected chi connectivity index (χ4v) is 6.18. The van der Waals surface area contributed by atoms with Crippen LogP contribution in [0.1, 0.15) is 43.4 Å². The van der Waals surface area contributed by atoms with Crippen LogP contribution in [0.4, 0.5) is 4.39 Å². The topological polar surface area (TPSA) is 105 Å². The number of hydrogen-bond donors (Lipinski definition) is 1. The van der Waals surface area contributed by atoms with Gasteiger partial charge in [0.1, 0.15) is 17.6 Å². The molecular weight excluding hydrogens is 573 g/mol. The molecule has 1 saturated heterocycles. The smallest absolute Gasteiger partial charge is 0.261 e. The Hall–Kier alpha value is -3.80. The first-order valence-corrected chi connectivity index (χ1v) is 15.9. The van der Waals surface area contributed by atoms with Crippen LogP contribution >= 0.6 is 0 Å². The van der Waals surface area contributed by atoms with E-state index in [-0.39, 0.29) is 30.4 Å². The highest BCUT2D eigenvalue weighted by molar-refractivity contribution is 7.89. The molecule has 1 atom stereocenters. The molecule has 1 aliphatic rings. The van der Waals surface area contributed by atoms with Gasteiger partial charge in [0.2, 0.25) is 15.9 Å². The lowest BCUT2D eigenvalue weighted by molar-refractivity contribution is -0.143. The summed E-state index contributed by atoms with van der Waals surface area (Å²) in [6.07, 6.45) is 2.79. The van der Waals surface area contributed by atoms with Crippen LogP contribution in [0.15, 0.2) is 83.8 Å². The van der Waals surface area contributed by atoms with Gasteiger partial charge in [-0.15, -0.1) is 0 Å². The molecule has 1 aliphatic heterocycles. The van der Waals surface area contributed by atoms with Crippen molar-refractivity contribution in [2.75, 3.05) is 39.5 Å². The number of carbonyl (C=O) groups is 2. The summed E-state index contributed by atoms with van der Waals surface area (Å²) in [5.74, 6) is -0.893. The van der Waals surface area contributed by atoms with E-state index >= 15 is 0 Å². The Kier molecular flexibility index (Phi) is 11.7. The third-order valence-corrected chi connectivity index (χ3v) is 9.05. The van der Waals surface area contributed by atoms with Crippen molar-refractivity contribution < 1.29 is 31.9 Å². The second-order valence-electron chi connectivity index (χ2n) is 10.2. The molecule has 11 heteroatoms. The summed E-state index contributed by atoms with van der Waals surface area (Å²) in [5.41, 5.74) is 1.27. The Morgan fingerprint density at radius 1 is 0.977 bits per heavy atom. The van der Waals surface area contributed by atoms with Crippen LogP contribution < -0.4 is 10.1 Å². The summed E-state index contributed by atoms with van der Waals surface area (Å²) in [5, 5.41) is 2.97. The molecule has 0 spiro atoms. The third-order valence-electron chi connectivity index (χ3n) is 7.14. The average molecular weight is 612 g/mol. The Labute approximate surface area is 252 Å². The molecule has 0 saturated carbocycles. The largest absolute Gasteiger partial charge is 0.484 e. The van der Waals surface area contributed by atoms with Gasteiger partial charge in [0.25, 0.3) is 5.91 Å². The van der Waals surface area contributed by atoms with Gasteiger partial charge < -0.3 is 19.7 Å². The highest BCUT2D eigenvalue weighted by atomic mass is 32.2. The van der Waals surface area contributed by atoms with Gasteiger partial charge in [-0.1, -0.05) is 62.2 Å². The molecule has 1 fully saturated rings. The Balaban J connectivity index is 1.54. The van der Waals surface area contributed by atoms with Crippen molar-refractivity contribution in [3.05, 3.63) is 95.8 Å². The first-order valence-electron chi connectivity index (χ1n) is 14.5. The number of nitrogens with zero attached hydrogens (tertiary/aromatic N) is 2. The molecule has 0 aliphatic carbocycles. The monoisotopic (exact) mass is 611 g/mol. The van der Waals surface area contributed by atoms with Gasteiger partial charge >= 0.3 is 0 Å². The Bertz CT molecular complexity index is 1430. The summed E-state index contributed by atoms with van der Waals surface area (Å²) >= 11 is 0. The standard InChI is InChI=1S/C32H38FN3O6S/c1-2-3-7-18-34-32(38)31(26-8-5-4-6-9-26)36(23-25-10-12-27(33)13-11-25)30(37)24-42-28-14-16-29(17-15-28)43(39,40)35-19-21-41-22-20-35/h4-6,8-17,31H,2-3,7,18-24H2,1H3,(H,34,38)/t31-/m0/s1. The van der Waals surface area contributed by atoms with Gasteiger partial charge in [0.15, 0.2) is 6.61 Å². The molecular formula is C32H38FN3O6S. The minimum atomic E-state index is -3.67. The molecule has 9 nitrogen and oxygen atoms in total. The predicted octanol–water partition coefficient (Wildman–Crippen LogP) is 4.30. The van der Waals surface area contributed by atoms with E-state index in [9.17, 15) is 22.4 Å². The summed E-state index contributed by atoms with van der Waals surface area (Å²) in [7, 11) is -3.67.